The summed E-state index contributed by atoms with van der Waals surface area (Å²) in [5, 5.41) is 0.549. The summed E-state index contributed by atoms with van der Waals surface area (Å²) in [6.45, 7) is 5.09. The second-order valence-electron chi connectivity index (χ2n) is 9.25. The van der Waals surface area contributed by atoms with Gasteiger partial charge in [-0.1, -0.05) is 32.0 Å². The van der Waals surface area contributed by atoms with Crippen LogP contribution < -0.4 is 11.5 Å². The molecule has 1 aliphatic carbocycles. The number of nitrogens with zero attached hydrogens (tertiary/aromatic N) is 1. The molecule has 4 N–H and O–H groups in total. The Morgan fingerprint density at radius 2 is 1.76 bits per heavy atom. The van der Waals surface area contributed by atoms with Crippen molar-refractivity contribution in [3.05, 3.63) is 35.9 Å². The number of ether oxygens (including phenoxy) is 1. The van der Waals surface area contributed by atoms with Crippen molar-refractivity contribution in [1.29, 1.82) is 0 Å². The van der Waals surface area contributed by atoms with Gasteiger partial charge >= 0.3 is 22.4 Å². The van der Waals surface area contributed by atoms with Gasteiger partial charge in [0.05, 0.1) is 24.8 Å². The molecule has 1 fully saturated rings. The van der Waals surface area contributed by atoms with Crippen molar-refractivity contribution in [2.45, 2.75) is 52.5 Å². The molecule has 1 aliphatic rings. The SMILES string of the molecule is C[C@@H]([C@H]1C[C@H](C(N)=O)C1)N(OS(=O)(=O)OCC(C)(C)CCCOC(=O)c1ccccc1)C(N)=O. The lowest BCUT2D eigenvalue weighted by Gasteiger charge is -2.40. The standard InChI is InChI=1S/C22H33N3O8S/c1-15(17-12-18(13-17)19(23)26)25(21(24)28)33-34(29,30)32-14-22(2,3)10-7-11-31-20(27)16-8-5-4-6-9-16/h4-6,8-9,15,17-18H,7,10-14H2,1-3H3,(H2,23,26)(H2,24,28)/t15-,17-,18-/m0/s1. The maximum atomic E-state index is 12.3. The lowest BCUT2D eigenvalue weighted by molar-refractivity contribution is -0.130. The van der Waals surface area contributed by atoms with Gasteiger partial charge in [-0.2, -0.15) is 13.5 Å². The van der Waals surface area contributed by atoms with Gasteiger partial charge in [-0.25, -0.2) is 13.8 Å². The molecule has 12 heteroatoms. The van der Waals surface area contributed by atoms with E-state index in [-0.39, 0.29) is 25.0 Å². The lowest BCUT2D eigenvalue weighted by atomic mass is 9.71. The minimum Gasteiger partial charge on any atom is -0.462 e. The molecule has 2 rings (SSSR count). The fourth-order valence-electron chi connectivity index (χ4n) is 3.58. The molecule has 11 nitrogen and oxygen atoms in total. The summed E-state index contributed by atoms with van der Waals surface area (Å²) in [4.78, 5) is 34.9. The number of primary amides is 2. The first-order chi connectivity index (χ1) is 15.8. The maximum absolute atomic E-state index is 12.3. The zero-order chi connectivity index (χ0) is 25.5. The smallest absolute Gasteiger partial charge is 0.421 e. The van der Waals surface area contributed by atoms with Gasteiger partial charge in [-0.15, -0.1) is 4.28 Å². The Bertz CT molecular complexity index is 962. The Kier molecular flexibility index (Phi) is 9.42. The highest BCUT2D eigenvalue weighted by atomic mass is 32.3. The number of carbonyl (C=O) groups is 3. The van der Waals surface area contributed by atoms with Crippen LogP contribution in [0.15, 0.2) is 30.3 Å². The number of rotatable bonds is 13. The predicted octanol–water partition coefficient (Wildman–Crippen LogP) is 2.12. The van der Waals surface area contributed by atoms with E-state index in [1.807, 2.05) is 0 Å². The van der Waals surface area contributed by atoms with Crippen LogP contribution >= 0.6 is 0 Å². The van der Waals surface area contributed by atoms with Gasteiger partial charge in [0.15, 0.2) is 0 Å². The average Bonchev–Trinajstić information content (AvgIpc) is 2.73. The molecule has 0 heterocycles. The van der Waals surface area contributed by atoms with Crippen LogP contribution in [-0.4, -0.2) is 50.6 Å². The summed E-state index contributed by atoms with van der Waals surface area (Å²) in [6, 6.07) is 6.80. The Balaban J connectivity index is 1.79. The summed E-state index contributed by atoms with van der Waals surface area (Å²) in [6.07, 6.45) is 1.80. The van der Waals surface area contributed by atoms with Gasteiger partial charge in [0.25, 0.3) is 0 Å². The Morgan fingerprint density at radius 3 is 2.32 bits per heavy atom. The molecule has 0 unspecified atom stereocenters. The molecule has 1 saturated carbocycles. The fraction of sp³-hybridized carbons (Fsp3) is 0.591. The van der Waals surface area contributed by atoms with Gasteiger partial charge < -0.3 is 16.2 Å². The second-order valence-corrected chi connectivity index (χ2v) is 10.5. The largest absolute Gasteiger partial charge is 0.462 e. The number of nitrogens with two attached hydrogens (primary N) is 2. The van der Waals surface area contributed by atoms with Crippen molar-refractivity contribution in [2.24, 2.45) is 28.7 Å². The molecule has 0 bridgehead atoms. The van der Waals surface area contributed by atoms with Gasteiger partial charge in [0.1, 0.15) is 0 Å². The second kappa shape index (κ2) is 11.6. The number of hydroxylamine groups is 2. The number of hydrogen-bond donors (Lipinski definition) is 2. The topological polar surface area (TPSA) is 168 Å². The van der Waals surface area contributed by atoms with Crippen LogP contribution in [-0.2, 0) is 28.4 Å². The van der Waals surface area contributed by atoms with Crippen LogP contribution in [0, 0.1) is 17.3 Å². The highest BCUT2D eigenvalue weighted by molar-refractivity contribution is 7.81. The van der Waals surface area contributed by atoms with Crippen LogP contribution in [0.25, 0.3) is 0 Å². The van der Waals surface area contributed by atoms with Gasteiger partial charge in [0, 0.05) is 5.92 Å². The zero-order valence-corrected chi connectivity index (χ0v) is 20.5. The van der Waals surface area contributed by atoms with Crippen LogP contribution in [0.1, 0.15) is 56.8 Å². The summed E-state index contributed by atoms with van der Waals surface area (Å²) >= 11 is 0. The molecule has 1 aromatic rings. The Morgan fingerprint density at radius 1 is 1.15 bits per heavy atom. The zero-order valence-electron chi connectivity index (χ0n) is 19.6. The quantitative estimate of drug-likeness (QED) is 0.236. The van der Waals surface area contributed by atoms with Crippen molar-refractivity contribution in [2.75, 3.05) is 13.2 Å². The van der Waals surface area contributed by atoms with E-state index in [1.165, 1.54) is 0 Å². The van der Waals surface area contributed by atoms with Crippen molar-refractivity contribution >= 4 is 28.3 Å². The minimum atomic E-state index is -4.58. The number of benzene rings is 1. The summed E-state index contributed by atoms with van der Waals surface area (Å²) < 4.78 is 39.7. The highest BCUT2D eigenvalue weighted by Crippen LogP contribution is 2.38. The van der Waals surface area contributed by atoms with Gasteiger partial charge in [-0.05, 0) is 56.1 Å². The first kappa shape index (κ1) is 27.5. The number of esters is 1. The van der Waals surface area contributed by atoms with Crippen molar-refractivity contribution < 1.29 is 36.0 Å². The Labute approximate surface area is 200 Å². The summed E-state index contributed by atoms with van der Waals surface area (Å²) in [7, 11) is -4.58. The number of hydrogen-bond acceptors (Lipinski definition) is 8. The normalized spacial score (nSPS) is 19.0. The van der Waals surface area contributed by atoms with Crippen molar-refractivity contribution in [3.8, 4) is 0 Å². The van der Waals surface area contributed by atoms with E-state index in [1.54, 1.807) is 51.1 Å². The summed E-state index contributed by atoms with van der Waals surface area (Å²) in [5.41, 5.74) is 10.4. The van der Waals surface area contributed by atoms with Crippen LogP contribution in [0.5, 0.6) is 0 Å². The predicted molar refractivity (Wildman–Crippen MR) is 122 cm³/mol. The van der Waals surface area contributed by atoms with Gasteiger partial charge in [0.2, 0.25) is 5.91 Å². The van der Waals surface area contributed by atoms with Crippen LogP contribution in [0.2, 0.25) is 0 Å². The van der Waals surface area contributed by atoms with E-state index >= 15 is 0 Å². The third-order valence-corrected chi connectivity index (χ3v) is 6.60. The molecule has 190 valence electrons. The third-order valence-electron chi connectivity index (χ3n) is 5.85. The number of amides is 3. The van der Waals surface area contributed by atoms with Crippen molar-refractivity contribution in [1.82, 2.24) is 5.06 Å². The summed E-state index contributed by atoms with van der Waals surface area (Å²) in [5.74, 6) is -1.37. The highest BCUT2D eigenvalue weighted by Gasteiger charge is 2.41. The lowest BCUT2D eigenvalue weighted by Crippen LogP contribution is -2.51. The molecule has 0 saturated heterocycles. The molecule has 0 spiro atoms. The monoisotopic (exact) mass is 499 g/mol. The molecule has 34 heavy (non-hydrogen) atoms. The van der Waals surface area contributed by atoms with E-state index in [2.05, 4.69) is 0 Å². The molecule has 1 atom stereocenters. The van der Waals surface area contributed by atoms with E-state index in [0.717, 1.165) is 0 Å². The van der Waals surface area contributed by atoms with E-state index in [9.17, 15) is 22.8 Å². The number of urea groups is 1. The van der Waals surface area contributed by atoms with E-state index in [4.69, 9.17) is 24.7 Å². The average molecular weight is 500 g/mol. The number of carbonyl (C=O) groups excluding carboxylic acids is 3. The maximum Gasteiger partial charge on any atom is 0.421 e. The fourth-order valence-corrected chi connectivity index (χ4v) is 4.49. The van der Waals surface area contributed by atoms with Crippen LogP contribution in [0.3, 0.4) is 0 Å². The molecular formula is C22H33N3O8S. The van der Waals surface area contributed by atoms with Gasteiger partial charge in [-0.3, -0.25) is 4.79 Å². The van der Waals surface area contributed by atoms with E-state index < -0.39 is 39.8 Å². The molecular weight excluding hydrogens is 466 g/mol. The first-order valence-electron chi connectivity index (χ1n) is 11.0. The molecule has 1 aromatic carbocycles. The third kappa shape index (κ3) is 8.26. The molecule has 0 aromatic heterocycles. The van der Waals surface area contributed by atoms with Crippen molar-refractivity contribution in [3.63, 3.8) is 0 Å². The molecule has 0 radical (unpaired) electrons. The van der Waals surface area contributed by atoms with E-state index in [0.29, 0.717) is 36.3 Å². The molecule has 0 aliphatic heterocycles. The molecule has 3 amide bonds. The first-order valence-corrected chi connectivity index (χ1v) is 12.3. The minimum absolute atomic E-state index is 0.168. The van der Waals surface area contributed by atoms with Crippen LogP contribution in [0.4, 0.5) is 4.79 Å². The Hall–Kier alpha value is -2.70.